The van der Waals surface area contributed by atoms with Crippen molar-refractivity contribution in [3.8, 4) is 0 Å². The van der Waals surface area contributed by atoms with Crippen molar-refractivity contribution in [3.63, 3.8) is 0 Å². The lowest BCUT2D eigenvalue weighted by Crippen LogP contribution is -2.45. The molecule has 0 saturated carbocycles. The van der Waals surface area contributed by atoms with Gasteiger partial charge in [0, 0.05) is 38.2 Å². The van der Waals surface area contributed by atoms with Crippen molar-refractivity contribution >= 4 is 0 Å². The van der Waals surface area contributed by atoms with Gasteiger partial charge < -0.3 is 18.9 Å². The van der Waals surface area contributed by atoms with Gasteiger partial charge in [0.25, 0.3) is 5.56 Å². The molecule has 1 heterocycles. The van der Waals surface area contributed by atoms with E-state index in [0.717, 1.165) is 4.57 Å². The number of rotatable bonds is 12. The summed E-state index contributed by atoms with van der Waals surface area (Å²) >= 11 is 0. The molecule has 1 aromatic rings. The van der Waals surface area contributed by atoms with Crippen molar-refractivity contribution in [3.05, 3.63) is 32.6 Å². The largest absolute Gasteiger partial charge is 0.351 e. The predicted octanol–water partition coefficient (Wildman–Crippen LogP) is 1.12. The average Bonchev–Trinajstić information content (AvgIpc) is 2.57. The number of hydrogen-bond donors (Lipinski definition) is 0. The van der Waals surface area contributed by atoms with E-state index in [1.54, 1.807) is 6.92 Å². The fourth-order valence-electron chi connectivity index (χ4n) is 2.45. The van der Waals surface area contributed by atoms with Crippen LogP contribution < -0.4 is 11.2 Å². The summed E-state index contributed by atoms with van der Waals surface area (Å²) in [4.78, 5) is 25.1. The molecule has 0 radical (unpaired) electrons. The molecule has 0 aromatic carbocycles. The summed E-state index contributed by atoms with van der Waals surface area (Å²) in [6.07, 6.45) is 0.334. The molecule has 0 atom stereocenters. The van der Waals surface area contributed by atoms with Gasteiger partial charge in [-0.25, -0.2) is 4.79 Å². The SMILES string of the molecule is CCOC(Cn1cc(C)c(=O)n(CC(OCC)OCC)c1=O)OCC. The summed E-state index contributed by atoms with van der Waals surface area (Å²) in [5, 5.41) is 0. The van der Waals surface area contributed by atoms with Gasteiger partial charge in [0.15, 0.2) is 12.6 Å². The summed E-state index contributed by atoms with van der Waals surface area (Å²) in [5.74, 6) is 0. The van der Waals surface area contributed by atoms with E-state index in [2.05, 4.69) is 0 Å². The van der Waals surface area contributed by atoms with Crippen molar-refractivity contribution in [2.75, 3.05) is 26.4 Å². The third-order valence-electron chi connectivity index (χ3n) is 3.50. The first-order valence-corrected chi connectivity index (χ1v) is 8.75. The third kappa shape index (κ3) is 6.39. The first kappa shape index (κ1) is 21.6. The Morgan fingerprint density at radius 3 is 1.72 bits per heavy atom. The molecular weight excluding hydrogens is 328 g/mol. The highest BCUT2D eigenvalue weighted by molar-refractivity contribution is 5.03. The summed E-state index contributed by atoms with van der Waals surface area (Å²) in [7, 11) is 0. The van der Waals surface area contributed by atoms with Gasteiger partial charge >= 0.3 is 5.69 Å². The molecule has 0 bridgehead atoms. The molecule has 0 aliphatic carbocycles. The first-order chi connectivity index (χ1) is 12.0. The molecule has 1 rings (SSSR count). The van der Waals surface area contributed by atoms with Gasteiger partial charge in [0.2, 0.25) is 0 Å². The van der Waals surface area contributed by atoms with Crippen LogP contribution in [0.4, 0.5) is 0 Å². The highest BCUT2D eigenvalue weighted by Gasteiger charge is 2.17. The Balaban J connectivity index is 3.15. The van der Waals surface area contributed by atoms with E-state index in [4.69, 9.17) is 18.9 Å². The first-order valence-electron chi connectivity index (χ1n) is 8.75. The van der Waals surface area contributed by atoms with E-state index in [-0.39, 0.29) is 18.6 Å². The van der Waals surface area contributed by atoms with Crippen LogP contribution in [0.3, 0.4) is 0 Å². The van der Waals surface area contributed by atoms with Crippen LogP contribution in [0.1, 0.15) is 33.3 Å². The minimum atomic E-state index is -0.648. The molecule has 1 aromatic heterocycles. The molecule has 0 N–H and O–H groups in total. The molecule has 25 heavy (non-hydrogen) atoms. The van der Waals surface area contributed by atoms with Gasteiger partial charge in [-0.05, 0) is 34.6 Å². The molecule has 0 unspecified atom stereocenters. The minimum Gasteiger partial charge on any atom is -0.351 e. The van der Waals surface area contributed by atoms with E-state index >= 15 is 0 Å². The average molecular weight is 358 g/mol. The normalized spacial score (nSPS) is 11.6. The highest BCUT2D eigenvalue weighted by atomic mass is 16.7. The van der Waals surface area contributed by atoms with Crippen LogP contribution in [-0.4, -0.2) is 48.1 Å². The van der Waals surface area contributed by atoms with Crippen molar-refractivity contribution in [2.24, 2.45) is 0 Å². The quantitative estimate of drug-likeness (QED) is 0.521. The van der Waals surface area contributed by atoms with E-state index in [1.807, 2.05) is 27.7 Å². The molecule has 144 valence electrons. The van der Waals surface area contributed by atoms with E-state index < -0.39 is 18.3 Å². The fraction of sp³-hybridized carbons (Fsp3) is 0.765. The monoisotopic (exact) mass is 358 g/mol. The smallest absolute Gasteiger partial charge is 0.331 e. The zero-order valence-electron chi connectivity index (χ0n) is 15.8. The Labute approximate surface area is 148 Å². The molecular formula is C17H30N2O6. The third-order valence-corrected chi connectivity index (χ3v) is 3.50. The Morgan fingerprint density at radius 1 is 0.840 bits per heavy atom. The van der Waals surface area contributed by atoms with Crippen LogP contribution >= 0.6 is 0 Å². The van der Waals surface area contributed by atoms with Crippen LogP contribution in [-0.2, 0) is 32.0 Å². The zero-order chi connectivity index (χ0) is 18.8. The van der Waals surface area contributed by atoms with Crippen molar-refractivity contribution in [2.45, 2.75) is 60.3 Å². The summed E-state index contributed by atoms with van der Waals surface area (Å²) in [6, 6.07) is 0. The number of aryl methyl sites for hydroxylation is 1. The second kappa shape index (κ2) is 11.2. The Hall–Kier alpha value is -1.48. The molecule has 8 heteroatoms. The molecule has 0 spiro atoms. The minimum absolute atomic E-state index is 0.0367. The second-order valence-electron chi connectivity index (χ2n) is 5.34. The molecule has 0 amide bonds. The maximum atomic E-state index is 12.7. The lowest BCUT2D eigenvalue weighted by atomic mass is 10.3. The summed E-state index contributed by atoms with van der Waals surface area (Å²) in [6.45, 7) is 11.1. The van der Waals surface area contributed by atoms with Gasteiger partial charge in [-0.3, -0.25) is 13.9 Å². The van der Waals surface area contributed by atoms with Crippen LogP contribution in [0.15, 0.2) is 15.8 Å². The van der Waals surface area contributed by atoms with Gasteiger partial charge in [-0.1, -0.05) is 0 Å². The van der Waals surface area contributed by atoms with Gasteiger partial charge in [-0.2, -0.15) is 0 Å². The zero-order valence-corrected chi connectivity index (χ0v) is 15.8. The molecule has 0 fully saturated rings. The fourth-order valence-corrected chi connectivity index (χ4v) is 2.45. The van der Waals surface area contributed by atoms with E-state index in [1.165, 1.54) is 10.8 Å². The standard InChI is InChI=1S/C17H30N2O6/c1-6-22-14(23-7-2)11-18-10-13(5)16(20)19(17(18)21)12-15(24-8-3)25-9-4/h10,14-15H,6-9,11-12H2,1-5H3. The lowest BCUT2D eigenvalue weighted by Gasteiger charge is -2.21. The van der Waals surface area contributed by atoms with Crippen molar-refractivity contribution in [1.29, 1.82) is 0 Å². The maximum absolute atomic E-state index is 12.7. The number of hydrogen-bond acceptors (Lipinski definition) is 6. The molecule has 8 nitrogen and oxygen atoms in total. The van der Waals surface area contributed by atoms with Crippen LogP contribution in [0.25, 0.3) is 0 Å². The van der Waals surface area contributed by atoms with Crippen molar-refractivity contribution in [1.82, 2.24) is 9.13 Å². The molecule has 0 saturated heterocycles. The number of aromatic nitrogens is 2. The van der Waals surface area contributed by atoms with Crippen molar-refractivity contribution < 1.29 is 18.9 Å². The molecule has 0 aliphatic rings. The topological polar surface area (TPSA) is 80.9 Å². The summed E-state index contributed by atoms with van der Waals surface area (Å²) < 4.78 is 24.5. The number of nitrogens with zero attached hydrogens (tertiary/aromatic N) is 2. The highest BCUT2D eigenvalue weighted by Crippen LogP contribution is 2.01. The van der Waals surface area contributed by atoms with Gasteiger partial charge in [-0.15, -0.1) is 0 Å². The Kier molecular flexibility index (Phi) is 9.66. The second-order valence-corrected chi connectivity index (χ2v) is 5.34. The van der Waals surface area contributed by atoms with E-state index in [0.29, 0.717) is 32.0 Å². The van der Waals surface area contributed by atoms with Crippen LogP contribution in [0.2, 0.25) is 0 Å². The molecule has 0 aliphatic heterocycles. The van der Waals surface area contributed by atoms with E-state index in [9.17, 15) is 9.59 Å². The van der Waals surface area contributed by atoms with Crippen LogP contribution in [0, 0.1) is 6.92 Å². The Bertz CT molecular complexity index is 613. The van der Waals surface area contributed by atoms with Gasteiger partial charge in [0.05, 0.1) is 13.1 Å². The van der Waals surface area contributed by atoms with Crippen LogP contribution in [0.5, 0.6) is 0 Å². The van der Waals surface area contributed by atoms with Gasteiger partial charge in [0.1, 0.15) is 0 Å². The summed E-state index contributed by atoms with van der Waals surface area (Å²) in [5.41, 5.74) is -0.336. The predicted molar refractivity (Wildman–Crippen MR) is 93.8 cm³/mol. The lowest BCUT2D eigenvalue weighted by molar-refractivity contribution is -0.147. The maximum Gasteiger partial charge on any atom is 0.331 e. The number of ether oxygens (including phenoxy) is 4. The Morgan fingerprint density at radius 2 is 1.28 bits per heavy atom.